The predicted octanol–water partition coefficient (Wildman–Crippen LogP) is 2.59. The Bertz CT molecular complexity index is 686. The summed E-state index contributed by atoms with van der Waals surface area (Å²) in [7, 11) is 0. The Morgan fingerprint density at radius 3 is 2.13 bits per heavy atom. The minimum atomic E-state index is -0.218. The molecule has 0 aromatic heterocycles. The molecule has 0 saturated carbocycles. The zero-order valence-corrected chi connectivity index (χ0v) is 19.6. The molecule has 168 valence electrons. The van der Waals surface area contributed by atoms with Gasteiger partial charge in [-0.25, -0.2) is 0 Å². The van der Waals surface area contributed by atoms with E-state index in [0.717, 1.165) is 19.5 Å². The number of nitrogens with zero attached hydrogens (tertiary/aromatic N) is 2. The van der Waals surface area contributed by atoms with Crippen LogP contribution in [-0.4, -0.2) is 66.4 Å². The second kappa shape index (κ2) is 10.9. The van der Waals surface area contributed by atoms with Crippen LogP contribution in [0.3, 0.4) is 0 Å². The van der Waals surface area contributed by atoms with Crippen LogP contribution in [-0.2, 0) is 16.0 Å². The molecule has 6 heteroatoms. The second-order valence-electron chi connectivity index (χ2n) is 9.65. The lowest BCUT2D eigenvalue weighted by Crippen LogP contribution is -2.54. The monoisotopic (exact) mass is 416 g/mol. The molecule has 6 nitrogen and oxygen atoms in total. The van der Waals surface area contributed by atoms with Crippen molar-refractivity contribution >= 4 is 11.8 Å². The van der Waals surface area contributed by atoms with Crippen LogP contribution in [0.2, 0.25) is 0 Å². The van der Waals surface area contributed by atoms with Crippen LogP contribution in [0.1, 0.15) is 58.7 Å². The van der Waals surface area contributed by atoms with Crippen LogP contribution in [0, 0.1) is 5.92 Å². The Morgan fingerprint density at radius 1 is 1.03 bits per heavy atom. The number of nitrogens with one attached hydrogen (secondary N) is 2. The minimum absolute atomic E-state index is 0.0396. The molecule has 1 aliphatic rings. The van der Waals surface area contributed by atoms with E-state index < -0.39 is 0 Å². The van der Waals surface area contributed by atoms with Crippen molar-refractivity contribution in [3.63, 3.8) is 0 Å². The van der Waals surface area contributed by atoms with Crippen molar-refractivity contribution in [3.05, 3.63) is 35.4 Å². The van der Waals surface area contributed by atoms with E-state index in [1.807, 2.05) is 25.7 Å². The van der Waals surface area contributed by atoms with Gasteiger partial charge in [-0.3, -0.25) is 14.5 Å². The summed E-state index contributed by atoms with van der Waals surface area (Å²) in [5.74, 6) is 0.561. The summed E-state index contributed by atoms with van der Waals surface area (Å²) in [5, 5.41) is 6.47. The van der Waals surface area contributed by atoms with Crippen LogP contribution in [0.15, 0.2) is 24.3 Å². The van der Waals surface area contributed by atoms with E-state index in [-0.39, 0.29) is 23.4 Å². The third-order valence-corrected chi connectivity index (χ3v) is 5.49. The van der Waals surface area contributed by atoms with E-state index in [2.05, 4.69) is 60.6 Å². The first-order valence-corrected chi connectivity index (χ1v) is 11.2. The third kappa shape index (κ3) is 7.73. The van der Waals surface area contributed by atoms with Gasteiger partial charge in [-0.05, 0) is 44.2 Å². The van der Waals surface area contributed by atoms with Gasteiger partial charge in [0.1, 0.15) is 0 Å². The lowest BCUT2D eigenvalue weighted by atomic mass is 9.95. The topological polar surface area (TPSA) is 64.7 Å². The average molecular weight is 417 g/mol. The van der Waals surface area contributed by atoms with Gasteiger partial charge >= 0.3 is 0 Å². The molecule has 1 heterocycles. The van der Waals surface area contributed by atoms with Gasteiger partial charge in [0, 0.05) is 37.8 Å². The molecule has 1 aliphatic heterocycles. The molecule has 1 saturated heterocycles. The van der Waals surface area contributed by atoms with Crippen molar-refractivity contribution in [2.24, 2.45) is 5.92 Å². The van der Waals surface area contributed by atoms with Crippen molar-refractivity contribution in [3.8, 4) is 0 Å². The predicted molar refractivity (Wildman–Crippen MR) is 122 cm³/mol. The molecule has 1 aromatic carbocycles. The number of carbonyl (C=O) groups is 2. The molecule has 2 N–H and O–H groups in total. The first kappa shape index (κ1) is 24.4. The molecule has 0 bridgehead atoms. The smallest absolute Gasteiger partial charge is 0.236 e. The molecule has 0 aliphatic carbocycles. The summed E-state index contributed by atoms with van der Waals surface area (Å²) in [5.41, 5.74) is 2.33. The van der Waals surface area contributed by atoms with Crippen molar-refractivity contribution in [2.75, 3.05) is 39.3 Å². The Hall–Kier alpha value is -1.92. The Kier molecular flexibility index (Phi) is 8.86. The molecule has 0 spiro atoms. The fraction of sp³-hybridized carbons (Fsp3) is 0.667. The van der Waals surface area contributed by atoms with Gasteiger partial charge in [0.15, 0.2) is 0 Å². The largest absolute Gasteiger partial charge is 0.350 e. The molecule has 0 unspecified atom stereocenters. The highest BCUT2D eigenvalue weighted by Gasteiger charge is 2.24. The Balaban J connectivity index is 1.81. The van der Waals surface area contributed by atoms with Crippen LogP contribution in [0.25, 0.3) is 0 Å². The molecular formula is C24H40N4O2. The summed E-state index contributed by atoms with van der Waals surface area (Å²) in [4.78, 5) is 28.9. The van der Waals surface area contributed by atoms with Gasteiger partial charge in [0.05, 0.1) is 13.1 Å². The van der Waals surface area contributed by atoms with Crippen molar-refractivity contribution in [1.29, 1.82) is 0 Å². The normalized spacial score (nSPS) is 16.6. The van der Waals surface area contributed by atoms with E-state index in [9.17, 15) is 9.59 Å². The SMILES string of the molecule is CCc1ccc([C@@H](NCC(=O)N2CCN(CC(=O)NC(C)(C)C)CC2)C(C)C)cc1. The lowest BCUT2D eigenvalue weighted by Gasteiger charge is -2.35. The summed E-state index contributed by atoms with van der Waals surface area (Å²) < 4.78 is 0. The Labute approximate surface area is 182 Å². The first-order valence-electron chi connectivity index (χ1n) is 11.2. The average Bonchev–Trinajstić information content (AvgIpc) is 2.67. The van der Waals surface area contributed by atoms with Crippen LogP contribution >= 0.6 is 0 Å². The number of benzene rings is 1. The standard InChI is InChI=1S/C24H40N4O2/c1-7-19-8-10-20(11-9-19)23(18(2)3)25-16-22(30)28-14-12-27(13-15-28)17-21(29)26-24(4,5)6/h8-11,18,23,25H,7,12-17H2,1-6H3,(H,26,29)/t23-/m0/s1. The first-order chi connectivity index (χ1) is 14.1. The summed E-state index contributed by atoms with van der Waals surface area (Å²) in [6, 6.07) is 8.83. The number of carbonyl (C=O) groups excluding carboxylic acids is 2. The lowest BCUT2D eigenvalue weighted by molar-refractivity contribution is -0.132. The zero-order valence-electron chi connectivity index (χ0n) is 19.6. The number of rotatable bonds is 8. The molecular weight excluding hydrogens is 376 g/mol. The summed E-state index contributed by atoms with van der Waals surface area (Å²) in [6.07, 6.45) is 1.03. The van der Waals surface area contributed by atoms with E-state index in [1.54, 1.807) is 0 Å². The van der Waals surface area contributed by atoms with Crippen LogP contribution in [0.4, 0.5) is 0 Å². The number of aryl methyl sites for hydroxylation is 1. The van der Waals surface area contributed by atoms with Gasteiger partial charge in [0.2, 0.25) is 11.8 Å². The number of hydrogen-bond acceptors (Lipinski definition) is 4. The maximum absolute atomic E-state index is 12.7. The highest BCUT2D eigenvalue weighted by molar-refractivity contribution is 5.79. The highest BCUT2D eigenvalue weighted by atomic mass is 16.2. The van der Waals surface area contributed by atoms with E-state index in [0.29, 0.717) is 32.1 Å². The second-order valence-corrected chi connectivity index (χ2v) is 9.65. The molecule has 1 aromatic rings. The third-order valence-electron chi connectivity index (χ3n) is 5.49. The quantitative estimate of drug-likeness (QED) is 0.684. The molecule has 2 rings (SSSR count). The van der Waals surface area contributed by atoms with E-state index in [4.69, 9.17) is 0 Å². The fourth-order valence-electron chi connectivity index (χ4n) is 3.82. The fourth-order valence-corrected chi connectivity index (χ4v) is 3.82. The maximum Gasteiger partial charge on any atom is 0.236 e. The van der Waals surface area contributed by atoms with Gasteiger partial charge in [-0.15, -0.1) is 0 Å². The molecule has 30 heavy (non-hydrogen) atoms. The number of hydrogen-bond donors (Lipinski definition) is 2. The van der Waals surface area contributed by atoms with Crippen LogP contribution < -0.4 is 10.6 Å². The molecule has 1 atom stereocenters. The molecule has 0 radical (unpaired) electrons. The maximum atomic E-state index is 12.7. The van der Waals surface area contributed by atoms with Gasteiger partial charge in [-0.2, -0.15) is 0 Å². The van der Waals surface area contributed by atoms with Crippen molar-refractivity contribution in [1.82, 2.24) is 20.4 Å². The van der Waals surface area contributed by atoms with E-state index in [1.165, 1.54) is 11.1 Å². The van der Waals surface area contributed by atoms with Gasteiger partial charge in [0.25, 0.3) is 0 Å². The van der Waals surface area contributed by atoms with E-state index >= 15 is 0 Å². The molecule has 1 fully saturated rings. The zero-order chi connectivity index (χ0) is 22.3. The number of piperazine rings is 1. The van der Waals surface area contributed by atoms with Gasteiger partial charge < -0.3 is 15.5 Å². The van der Waals surface area contributed by atoms with Crippen LogP contribution in [0.5, 0.6) is 0 Å². The summed E-state index contributed by atoms with van der Waals surface area (Å²) in [6.45, 7) is 16.0. The van der Waals surface area contributed by atoms with Crippen molar-refractivity contribution < 1.29 is 9.59 Å². The van der Waals surface area contributed by atoms with Crippen molar-refractivity contribution in [2.45, 2.75) is 59.5 Å². The molecule has 2 amide bonds. The Morgan fingerprint density at radius 2 is 1.63 bits per heavy atom. The van der Waals surface area contributed by atoms with Gasteiger partial charge in [-0.1, -0.05) is 45.0 Å². The highest BCUT2D eigenvalue weighted by Crippen LogP contribution is 2.22. The number of amides is 2. The minimum Gasteiger partial charge on any atom is -0.350 e. The summed E-state index contributed by atoms with van der Waals surface area (Å²) >= 11 is 0.